The van der Waals surface area contributed by atoms with E-state index in [2.05, 4.69) is 5.32 Å². The Kier molecular flexibility index (Phi) is 5.11. The number of ether oxygens (including phenoxy) is 1. The quantitative estimate of drug-likeness (QED) is 0.653. The highest BCUT2D eigenvalue weighted by Gasteiger charge is 2.24. The molecule has 0 fully saturated rings. The largest absolute Gasteiger partial charge is 0.465 e. The van der Waals surface area contributed by atoms with Crippen molar-refractivity contribution < 1.29 is 9.53 Å². The van der Waals surface area contributed by atoms with Crippen molar-refractivity contribution >= 4 is 28.9 Å². The van der Waals surface area contributed by atoms with Crippen molar-refractivity contribution in [2.75, 3.05) is 11.9 Å². The van der Waals surface area contributed by atoms with Gasteiger partial charge < -0.3 is 10.1 Å². The van der Waals surface area contributed by atoms with Crippen LogP contribution in [0.3, 0.4) is 0 Å². The molecule has 1 aromatic carbocycles. The fraction of sp³-hybridized carbons (Fsp3) is 0.250. The van der Waals surface area contributed by atoms with Crippen molar-refractivity contribution in [2.24, 2.45) is 5.92 Å². The molecule has 17 heavy (non-hydrogen) atoms. The van der Waals surface area contributed by atoms with Gasteiger partial charge in [0.05, 0.1) is 12.7 Å². The van der Waals surface area contributed by atoms with Crippen LogP contribution in [0.2, 0.25) is 0 Å². The number of anilines is 1. The van der Waals surface area contributed by atoms with Crippen molar-refractivity contribution in [3.8, 4) is 6.07 Å². The van der Waals surface area contributed by atoms with E-state index in [1.165, 1.54) is 0 Å². The van der Waals surface area contributed by atoms with Gasteiger partial charge in [0.15, 0.2) is 5.92 Å². The van der Waals surface area contributed by atoms with Crippen molar-refractivity contribution in [1.82, 2.24) is 0 Å². The maximum Gasteiger partial charge on any atom is 0.330 e. The number of benzene rings is 1. The second kappa shape index (κ2) is 6.61. The molecule has 0 radical (unpaired) electrons. The lowest BCUT2D eigenvalue weighted by atomic mass is 10.1. The molecule has 0 aliphatic carbocycles. The minimum absolute atomic E-state index is 0.150. The summed E-state index contributed by atoms with van der Waals surface area (Å²) in [7, 11) is 0. The Balaban J connectivity index is 2.69. The molecule has 1 rings (SSSR count). The van der Waals surface area contributed by atoms with Gasteiger partial charge in [0.2, 0.25) is 0 Å². The molecule has 0 saturated heterocycles. The lowest BCUT2D eigenvalue weighted by Gasteiger charge is -2.11. The number of nitrogens with zero attached hydrogens (tertiary/aromatic N) is 1. The summed E-state index contributed by atoms with van der Waals surface area (Å²) >= 11 is 5.01. The predicted molar refractivity (Wildman–Crippen MR) is 68.4 cm³/mol. The molecule has 0 aliphatic rings. The SMILES string of the molecule is CCOC(=O)[C@H](C#N)C(=S)Nc1ccccc1. The molecule has 1 N–H and O–H groups in total. The molecular formula is C12H12N2O2S. The summed E-state index contributed by atoms with van der Waals surface area (Å²) in [5, 5.41) is 11.7. The first-order chi connectivity index (χ1) is 8.19. The molecule has 88 valence electrons. The molecule has 0 saturated carbocycles. The smallest absolute Gasteiger partial charge is 0.330 e. The number of nitrogens with one attached hydrogen (secondary N) is 1. The molecule has 0 bridgehead atoms. The molecule has 1 aromatic rings. The summed E-state index contributed by atoms with van der Waals surface area (Å²) in [5.74, 6) is -1.69. The minimum Gasteiger partial charge on any atom is -0.465 e. The van der Waals surface area contributed by atoms with Gasteiger partial charge in [0, 0.05) is 5.69 Å². The van der Waals surface area contributed by atoms with Gasteiger partial charge in [-0.05, 0) is 19.1 Å². The number of hydrogen-bond donors (Lipinski definition) is 1. The van der Waals surface area contributed by atoms with Gasteiger partial charge in [-0.2, -0.15) is 5.26 Å². The van der Waals surface area contributed by atoms with Crippen LogP contribution in [0.1, 0.15) is 6.92 Å². The van der Waals surface area contributed by atoms with Gasteiger partial charge in [-0.25, -0.2) is 0 Å². The normalized spacial score (nSPS) is 11.1. The van der Waals surface area contributed by atoms with Crippen LogP contribution in [0.5, 0.6) is 0 Å². The maximum absolute atomic E-state index is 11.4. The van der Waals surface area contributed by atoms with Gasteiger partial charge in [-0.15, -0.1) is 0 Å². The number of nitriles is 1. The van der Waals surface area contributed by atoms with E-state index in [1.54, 1.807) is 19.1 Å². The van der Waals surface area contributed by atoms with E-state index in [4.69, 9.17) is 22.2 Å². The van der Waals surface area contributed by atoms with Crippen LogP contribution in [0.4, 0.5) is 5.69 Å². The molecular weight excluding hydrogens is 236 g/mol. The molecule has 0 unspecified atom stereocenters. The number of hydrogen-bond acceptors (Lipinski definition) is 4. The van der Waals surface area contributed by atoms with Gasteiger partial charge in [0.1, 0.15) is 4.99 Å². The highest BCUT2D eigenvalue weighted by molar-refractivity contribution is 7.80. The molecule has 0 amide bonds. The Morgan fingerprint density at radius 2 is 2.18 bits per heavy atom. The lowest BCUT2D eigenvalue weighted by Crippen LogP contribution is -2.28. The average Bonchev–Trinajstić information content (AvgIpc) is 2.31. The van der Waals surface area contributed by atoms with Crippen LogP contribution in [-0.2, 0) is 9.53 Å². The molecule has 4 nitrogen and oxygen atoms in total. The summed E-state index contributed by atoms with van der Waals surface area (Å²) in [5.41, 5.74) is 0.738. The zero-order valence-electron chi connectivity index (χ0n) is 9.34. The van der Waals surface area contributed by atoms with E-state index < -0.39 is 11.9 Å². The van der Waals surface area contributed by atoms with Gasteiger partial charge in [-0.1, -0.05) is 30.4 Å². The van der Waals surface area contributed by atoms with E-state index in [0.717, 1.165) is 5.69 Å². The van der Waals surface area contributed by atoms with Gasteiger partial charge >= 0.3 is 5.97 Å². The third-order valence-corrected chi connectivity index (χ3v) is 2.29. The topological polar surface area (TPSA) is 62.1 Å². The molecule has 0 spiro atoms. The van der Waals surface area contributed by atoms with E-state index in [0.29, 0.717) is 0 Å². The first-order valence-corrected chi connectivity index (χ1v) is 5.52. The van der Waals surface area contributed by atoms with Crippen molar-refractivity contribution in [3.63, 3.8) is 0 Å². The minimum atomic E-state index is -1.06. The fourth-order valence-electron chi connectivity index (χ4n) is 1.18. The monoisotopic (exact) mass is 248 g/mol. The van der Waals surface area contributed by atoms with Crippen molar-refractivity contribution in [3.05, 3.63) is 30.3 Å². The zero-order chi connectivity index (χ0) is 12.7. The molecule has 0 heterocycles. The summed E-state index contributed by atoms with van der Waals surface area (Å²) in [6, 6.07) is 10.9. The zero-order valence-corrected chi connectivity index (χ0v) is 10.2. The molecule has 0 aromatic heterocycles. The Morgan fingerprint density at radius 1 is 1.53 bits per heavy atom. The fourth-order valence-corrected chi connectivity index (χ4v) is 1.45. The molecule has 1 atom stereocenters. The van der Waals surface area contributed by atoms with Crippen molar-refractivity contribution in [1.29, 1.82) is 5.26 Å². The number of esters is 1. The van der Waals surface area contributed by atoms with Crippen molar-refractivity contribution in [2.45, 2.75) is 6.92 Å². The standard InChI is InChI=1S/C12H12N2O2S/c1-2-16-12(15)10(8-13)11(17)14-9-6-4-3-5-7-9/h3-7,10H,2H2,1H3,(H,14,17)/t10-/m1/s1. The van der Waals surface area contributed by atoms with E-state index >= 15 is 0 Å². The Labute approximate surface area is 105 Å². The first-order valence-electron chi connectivity index (χ1n) is 5.11. The summed E-state index contributed by atoms with van der Waals surface area (Å²) in [4.78, 5) is 11.6. The predicted octanol–water partition coefficient (Wildman–Crippen LogP) is 2.13. The third-order valence-electron chi connectivity index (χ3n) is 1.95. The highest BCUT2D eigenvalue weighted by Crippen LogP contribution is 2.10. The Hall–Kier alpha value is -1.93. The van der Waals surface area contributed by atoms with Crippen LogP contribution >= 0.6 is 12.2 Å². The summed E-state index contributed by atoms with van der Waals surface area (Å²) < 4.78 is 4.76. The van der Waals surface area contributed by atoms with E-state index in [1.807, 2.05) is 24.3 Å². The summed E-state index contributed by atoms with van der Waals surface area (Å²) in [6.07, 6.45) is 0. The van der Waals surface area contributed by atoms with Gasteiger partial charge in [-0.3, -0.25) is 4.79 Å². The number of carbonyl (C=O) groups excluding carboxylic acids is 1. The Bertz CT molecular complexity index is 440. The maximum atomic E-state index is 11.4. The lowest BCUT2D eigenvalue weighted by molar-refractivity contribution is -0.143. The second-order valence-electron chi connectivity index (χ2n) is 3.17. The third kappa shape index (κ3) is 3.85. The molecule has 0 aliphatic heterocycles. The molecule has 5 heteroatoms. The second-order valence-corrected chi connectivity index (χ2v) is 3.61. The number of rotatable bonds is 4. The Morgan fingerprint density at radius 3 is 2.71 bits per heavy atom. The number of para-hydroxylation sites is 1. The van der Waals surface area contributed by atoms with Crippen LogP contribution in [-0.4, -0.2) is 17.6 Å². The van der Waals surface area contributed by atoms with E-state index in [-0.39, 0.29) is 11.6 Å². The van der Waals surface area contributed by atoms with Crippen LogP contribution in [0.25, 0.3) is 0 Å². The number of carbonyl (C=O) groups is 1. The van der Waals surface area contributed by atoms with Crippen LogP contribution < -0.4 is 5.32 Å². The summed E-state index contributed by atoms with van der Waals surface area (Å²) in [6.45, 7) is 1.91. The average molecular weight is 248 g/mol. The van der Waals surface area contributed by atoms with E-state index in [9.17, 15) is 4.79 Å². The first kappa shape index (κ1) is 13.1. The van der Waals surface area contributed by atoms with Crippen LogP contribution in [0, 0.1) is 17.2 Å². The van der Waals surface area contributed by atoms with Crippen LogP contribution in [0.15, 0.2) is 30.3 Å². The highest BCUT2D eigenvalue weighted by atomic mass is 32.1. The van der Waals surface area contributed by atoms with Gasteiger partial charge in [0.25, 0.3) is 0 Å². The number of thiocarbonyl (C=S) groups is 1.